The van der Waals surface area contributed by atoms with E-state index in [9.17, 15) is 0 Å². The molecule has 4 aromatic rings. The first kappa shape index (κ1) is 17.2. The van der Waals surface area contributed by atoms with Crippen LogP contribution in [0.5, 0.6) is 0 Å². The second-order valence-electron chi connectivity index (χ2n) is 5.75. The fourth-order valence-electron chi connectivity index (χ4n) is 2.68. The monoisotopic (exact) mass is 402 g/mol. The Labute approximate surface area is 165 Å². The van der Waals surface area contributed by atoms with Gasteiger partial charge in [0.25, 0.3) is 0 Å². The van der Waals surface area contributed by atoms with E-state index in [-0.39, 0.29) is 0 Å². The van der Waals surface area contributed by atoms with Crippen LogP contribution >= 0.6 is 34.8 Å². The Morgan fingerprint density at radius 1 is 0.846 bits per heavy atom. The summed E-state index contributed by atoms with van der Waals surface area (Å²) in [5.74, 6) is 0.711. The lowest BCUT2D eigenvalue weighted by atomic mass is 10.2. The molecule has 0 aliphatic heterocycles. The smallest absolute Gasteiger partial charge is 0.176 e. The highest BCUT2D eigenvalue weighted by atomic mass is 35.5. The molecule has 0 saturated carbocycles. The van der Waals surface area contributed by atoms with Gasteiger partial charge in [-0.2, -0.15) is 4.73 Å². The molecule has 0 radical (unpaired) electrons. The lowest BCUT2D eigenvalue weighted by molar-refractivity contribution is 0.110. The third-order valence-corrected chi connectivity index (χ3v) is 4.96. The number of nitrogens with zero attached hydrogens (tertiary/aromatic N) is 2. The van der Waals surface area contributed by atoms with Crippen molar-refractivity contribution in [3.63, 3.8) is 0 Å². The van der Waals surface area contributed by atoms with Gasteiger partial charge in [0.1, 0.15) is 12.1 Å². The van der Waals surface area contributed by atoms with Gasteiger partial charge in [0, 0.05) is 10.6 Å². The fourth-order valence-corrected chi connectivity index (χ4v) is 3.13. The Morgan fingerprint density at radius 3 is 2.38 bits per heavy atom. The van der Waals surface area contributed by atoms with Crippen LogP contribution in [0.15, 0.2) is 66.7 Å². The highest BCUT2D eigenvalue weighted by Crippen LogP contribution is 2.26. The number of hydrogen-bond acceptors (Lipinski definition) is 2. The third kappa shape index (κ3) is 3.38. The van der Waals surface area contributed by atoms with Gasteiger partial charge in [-0.15, -0.1) is 0 Å². The van der Waals surface area contributed by atoms with Crippen molar-refractivity contribution in [2.45, 2.75) is 6.61 Å². The molecule has 4 rings (SSSR count). The van der Waals surface area contributed by atoms with Gasteiger partial charge in [-0.1, -0.05) is 53.0 Å². The molecule has 0 spiro atoms. The van der Waals surface area contributed by atoms with E-state index in [1.807, 2.05) is 54.6 Å². The SMILES string of the molecule is Clc1ccc(-c2nc3ccccc3n2OCc2ccc(Cl)c(Cl)c2)cc1. The summed E-state index contributed by atoms with van der Waals surface area (Å²) in [6, 6.07) is 20.8. The zero-order valence-electron chi connectivity index (χ0n) is 13.5. The van der Waals surface area contributed by atoms with Crippen LogP contribution in [0.2, 0.25) is 15.1 Å². The summed E-state index contributed by atoms with van der Waals surface area (Å²) in [6.07, 6.45) is 0. The summed E-state index contributed by atoms with van der Waals surface area (Å²) >= 11 is 18.1. The maximum Gasteiger partial charge on any atom is 0.176 e. The highest BCUT2D eigenvalue weighted by Gasteiger charge is 2.14. The van der Waals surface area contributed by atoms with Crippen LogP contribution in [0.3, 0.4) is 0 Å². The van der Waals surface area contributed by atoms with Crippen LogP contribution in [0.25, 0.3) is 22.4 Å². The summed E-state index contributed by atoms with van der Waals surface area (Å²) in [6.45, 7) is 0.331. The summed E-state index contributed by atoms with van der Waals surface area (Å²) in [4.78, 5) is 10.8. The third-order valence-electron chi connectivity index (χ3n) is 3.97. The quantitative estimate of drug-likeness (QED) is 0.400. The summed E-state index contributed by atoms with van der Waals surface area (Å²) in [7, 11) is 0. The minimum atomic E-state index is 0.331. The minimum absolute atomic E-state index is 0.331. The summed E-state index contributed by atoms with van der Waals surface area (Å²) < 4.78 is 1.74. The number of para-hydroxylation sites is 2. The fraction of sp³-hybridized carbons (Fsp3) is 0.0500. The van der Waals surface area contributed by atoms with Crippen molar-refractivity contribution < 1.29 is 4.84 Å². The Bertz CT molecular complexity index is 1070. The Hall–Kier alpha value is -2.20. The van der Waals surface area contributed by atoms with Crippen molar-refractivity contribution in [2.75, 3.05) is 0 Å². The Kier molecular flexibility index (Phi) is 4.77. The average Bonchev–Trinajstić information content (AvgIpc) is 3.02. The molecular weight excluding hydrogens is 391 g/mol. The molecule has 3 nitrogen and oxygen atoms in total. The molecular formula is C20H13Cl3N2O. The van der Waals surface area contributed by atoms with E-state index in [4.69, 9.17) is 44.6 Å². The number of imidazole rings is 1. The lowest BCUT2D eigenvalue weighted by Gasteiger charge is -2.12. The average molecular weight is 404 g/mol. The first-order valence-electron chi connectivity index (χ1n) is 7.92. The number of rotatable bonds is 4. The van der Waals surface area contributed by atoms with Gasteiger partial charge in [-0.3, -0.25) is 0 Å². The van der Waals surface area contributed by atoms with Crippen LogP contribution in [0.4, 0.5) is 0 Å². The largest absolute Gasteiger partial charge is 0.407 e. The predicted octanol–water partition coefficient (Wildman–Crippen LogP) is 6.29. The van der Waals surface area contributed by atoms with Crippen LogP contribution in [-0.4, -0.2) is 9.71 Å². The van der Waals surface area contributed by atoms with Crippen molar-refractivity contribution in [3.05, 3.63) is 87.4 Å². The second kappa shape index (κ2) is 7.20. The molecule has 130 valence electrons. The van der Waals surface area contributed by atoms with E-state index >= 15 is 0 Å². The molecule has 0 N–H and O–H groups in total. The molecule has 0 atom stereocenters. The Balaban J connectivity index is 1.73. The molecule has 0 unspecified atom stereocenters. The van der Waals surface area contributed by atoms with Gasteiger partial charge in [-0.25, -0.2) is 4.98 Å². The van der Waals surface area contributed by atoms with Crippen molar-refractivity contribution in [3.8, 4) is 11.4 Å². The van der Waals surface area contributed by atoms with E-state index in [0.29, 0.717) is 27.5 Å². The van der Waals surface area contributed by atoms with Gasteiger partial charge in [0.15, 0.2) is 5.82 Å². The minimum Gasteiger partial charge on any atom is -0.407 e. The van der Waals surface area contributed by atoms with Crippen molar-refractivity contribution >= 4 is 45.8 Å². The topological polar surface area (TPSA) is 27.1 Å². The molecule has 6 heteroatoms. The first-order valence-corrected chi connectivity index (χ1v) is 9.06. The molecule has 3 aromatic carbocycles. The standard InChI is InChI=1S/C20H13Cl3N2O/c21-15-8-6-14(7-9-15)20-24-18-3-1-2-4-19(18)25(20)26-12-13-5-10-16(22)17(23)11-13/h1-11H,12H2. The van der Waals surface area contributed by atoms with Crippen molar-refractivity contribution in [1.82, 2.24) is 9.71 Å². The number of aromatic nitrogens is 2. The summed E-state index contributed by atoms with van der Waals surface area (Å²) in [5.41, 5.74) is 3.57. The lowest BCUT2D eigenvalue weighted by Crippen LogP contribution is -2.12. The van der Waals surface area contributed by atoms with Crippen LogP contribution in [0, 0.1) is 0 Å². The van der Waals surface area contributed by atoms with E-state index < -0.39 is 0 Å². The molecule has 0 aliphatic carbocycles. The van der Waals surface area contributed by atoms with Crippen LogP contribution in [-0.2, 0) is 6.61 Å². The van der Waals surface area contributed by atoms with Gasteiger partial charge in [-0.05, 0) is 54.1 Å². The molecule has 0 saturated heterocycles. The Morgan fingerprint density at radius 2 is 1.62 bits per heavy atom. The van der Waals surface area contributed by atoms with Gasteiger partial charge in [0.05, 0.1) is 15.6 Å². The van der Waals surface area contributed by atoms with Crippen LogP contribution in [0.1, 0.15) is 5.56 Å². The maximum atomic E-state index is 6.09. The molecule has 1 heterocycles. The normalized spacial score (nSPS) is 11.0. The van der Waals surface area contributed by atoms with Gasteiger partial charge < -0.3 is 4.84 Å². The number of halogens is 3. The van der Waals surface area contributed by atoms with E-state index in [2.05, 4.69) is 0 Å². The molecule has 26 heavy (non-hydrogen) atoms. The number of hydrogen-bond donors (Lipinski definition) is 0. The zero-order chi connectivity index (χ0) is 18.1. The summed E-state index contributed by atoms with van der Waals surface area (Å²) in [5, 5.41) is 1.69. The van der Waals surface area contributed by atoms with Gasteiger partial charge >= 0.3 is 0 Å². The number of benzene rings is 3. The van der Waals surface area contributed by atoms with Gasteiger partial charge in [0.2, 0.25) is 0 Å². The second-order valence-corrected chi connectivity index (χ2v) is 7.00. The van der Waals surface area contributed by atoms with E-state index in [0.717, 1.165) is 22.2 Å². The molecule has 0 amide bonds. The highest BCUT2D eigenvalue weighted by molar-refractivity contribution is 6.42. The maximum absolute atomic E-state index is 6.09. The zero-order valence-corrected chi connectivity index (χ0v) is 15.8. The van der Waals surface area contributed by atoms with Crippen molar-refractivity contribution in [1.29, 1.82) is 0 Å². The molecule has 0 aliphatic rings. The molecule has 1 aromatic heterocycles. The molecule has 0 fully saturated rings. The number of fused-ring (bicyclic) bond motifs is 1. The first-order chi connectivity index (χ1) is 12.6. The van der Waals surface area contributed by atoms with E-state index in [1.54, 1.807) is 16.9 Å². The van der Waals surface area contributed by atoms with Crippen molar-refractivity contribution in [2.24, 2.45) is 0 Å². The predicted molar refractivity (Wildman–Crippen MR) is 107 cm³/mol. The molecule has 0 bridgehead atoms. The van der Waals surface area contributed by atoms with Crippen LogP contribution < -0.4 is 4.84 Å². The van der Waals surface area contributed by atoms with E-state index in [1.165, 1.54) is 0 Å².